The first-order valence-electron chi connectivity index (χ1n) is 10.6. The van der Waals surface area contributed by atoms with Gasteiger partial charge in [-0.3, -0.25) is 14.9 Å². The Kier molecular flexibility index (Phi) is 4.44. The van der Waals surface area contributed by atoms with Crippen LogP contribution in [0.15, 0.2) is 59.3 Å². The summed E-state index contributed by atoms with van der Waals surface area (Å²) in [5.41, 5.74) is 0.813. The van der Waals surface area contributed by atoms with Gasteiger partial charge in [0.05, 0.1) is 13.7 Å². The number of methoxy groups -OCH3 is 1. The Morgan fingerprint density at radius 2 is 2.15 bits per heavy atom. The molecule has 0 radical (unpaired) electrons. The van der Waals surface area contributed by atoms with Crippen molar-refractivity contribution < 1.29 is 23.8 Å². The van der Waals surface area contributed by atoms with Crippen molar-refractivity contribution in [3.05, 3.63) is 71.7 Å². The maximum atomic E-state index is 13.2. The average molecular weight is 460 g/mol. The number of hydrogen-bond donors (Lipinski definition) is 3. The number of nitrogens with one attached hydrogen (secondary N) is 2. The number of furan rings is 1. The summed E-state index contributed by atoms with van der Waals surface area (Å²) in [6.45, 7) is 0.254. The van der Waals surface area contributed by atoms with E-state index in [0.29, 0.717) is 34.8 Å². The molecule has 4 aromatic rings. The third kappa shape index (κ3) is 3.05. The number of carbonyl (C=O) groups is 2. The van der Waals surface area contributed by atoms with Gasteiger partial charge in [-0.2, -0.15) is 5.10 Å². The van der Waals surface area contributed by atoms with E-state index in [1.807, 2.05) is 6.07 Å². The first-order chi connectivity index (χ1) is 16.5. The number of pyridine rings is 1. The molecule has 0 saturated carbocycles. The standard InChI is InChI=1S/C23H20N6O5/c1-33-14-4-3-13-11-28(20(30)15(13)9-14)12-23(21(31)26-22(32)27-23)18-10-16-17(34-18)5-6-19(25-16)29-8-2-7-24-29/h2-10,22,27,32H,11-12H2,1H3,(H,26,31). The van der Waals surface area contributed by atoms with Gasteiger partial charge < -0.3 is 24.5 Å². The monoisotopic (exact) mass is 460 g/mol. The fraction of sp³-hybridized carbons (Fsp3) is 0.217. The molecule has 172 valence electrons. The molecular formula is C23H20N6O5. The molecule has 0 aliphatic carbocycles. The van der Waals surface area contributed by atoms with Gasteiger partial charge in [0.25, 0.3) is 11.8 Å². The second kappa shape index (κ2) is 7.40. The molecule has 11 heteroatoms. The van der Waals surface area contributed by atoms with Crippen molar-refractivity contribution in [3.8, 4) is 11.6 Å². The Balaban J connectivity index is 1.38. The third-order valence-corrected chi connectivity index (χ3v) is 6.18. The lowest BCUT2D eigenvalue weighted by molar-refractivity contribution is -0.125. The molecule has 5 heterocycles. The SMILES string of the molecule is COc1ccc2c(c1)C(=O)N(CC1(c3cc4nc(-n5cccn5)ccc4o3)NC(O)NC1=O)C2. The largest absolute Gasteiger partial charge is 0.497 e. The Hall–Kier alpha value is -4.22. The average Bonchev–Trinajstić information content (AvgIpc) is 3.61. The van der Waals surface area contributed by atoms with E-state index in [2.05, 4.69) is 20.7 Å². The molecule has 1 saturated heterocycles. The van der Waals surface area contributed by atoms with Crippen molar-refractivity contribution in [3.63, 3.8) is 0 Å². The normalized spacial score (nSPS) is 21.8. The molecule has 34 heavy (non-hydrogen) atoms. The number of carbonyl (C=O) groups excluding carboxylic acids is 2. The molecule has 2 aliphatic heterocycles. The van der Waals surface area contributed by atoms with Gasteiger partial charge in [0.1, 0.15) is 17.0 Å². The minimum Gasteiger partial charge on any atom is -0.497 e. The highest BCUT2D eigenvalue weighted by molar-refractivity contribution is 6.00. The van der Waals surface area contributed by atoms with E-state index in [1.54, 1.807) is 58.4 Å². The number of hydrogen-bond acceptors (Lipinski definition) is 8. The Morgan fingerprint density at radius 1 is 1.26 bits per heavy atom. The molecule has 2 aliphatic rings. The molecular weight excluding hydrogens is 440 g/mol. The highest BCUT2D eigenvalue weighted by atomic mass is 16.5. The van der Waals surface area contributed by atoms with Crippen molar-refractivity contribution >= 4 is 22.9 Å². The number of aliphatic hydroxyl groups excluding tert-OH is 1. The summed E-state index contributed by atoms with van der Waals surface area (Å²) in [6.07, 6.45) is 2.12. The minimum absolute atomic E-state index is 0.0580. The van der Waals surface area contributed by atoms with Crippen LogP contribution in [-0.4, -0.2) is 56.6 Å². The number of aliphatic hydroxyl groups is 1. The molecule has 2 atom stereocenters. The topological polar surface area (TPSA) is 135 Å². The minimum atomic E-state index is -1.51. The van der Waals surface area contributed by atoms with Crippen molar-refractivity contribution in [2.24, 2.45) is 0 Å². The first kappa shape index (κ1) is 20.4. The van der Waals surface area contributed by atoms with Gasteiger partial charge in [-0.05, 0) is 35.9 Å². The van der Waals surface area contributed by atoms with Gasteiger partial charge in [-0.25, -0.2) is 9.67 Å². The summed E-state index contributed by atoms with van der Waals surface area (Å²) in [6, 6.07) is 12.2. The van der Waals surface area contributed by atoms with Crippen molar-refractivity contribution in [2.45, 2.75) is 18.4 Å². The molecule has 3 N–H and O–H groups in total. The fourth-order valence-electron chi connectivity index (χ4n) is 4.50. The van der Waals surface area contributed by atoms with Crippen molar-refractivity contribution in [1.29, 1.82) is 0 Å². The van der Waals surface area contributed by atoms with Crippen molar-refractivity contribution in [1.82, 2.24) is 30.3 Å². The van der Waals surface area contributed by atoms with E-state index in [-0.39, 0.29) is 18.2 Å². The Morgan fingerprint density at radius 3 is 2.88 bits per heavy atom. The summed E-state index contributed by atoms with van der Waals surface area (Å²) >= 11 is 0. The van der Waals surface area contributed by atoms with Crippen LogP contribution in [0.25, 0.3) is 16.9 Å². The number of ether oxygens (including phenoxy) is 1. The highest BCUT2D eigenvalue weighted by Gasteiger charge is 2.52. The quantitative estimate of drug-likeness (QED) is 0.399. The maximum Gasteiger partial charge on any atom is 0.254 e. The fourth-order valence-corrected chi connectivity index (χ4v) is 4.50. The lowest BCUT2D eigenvalue weighted by Crippen LogP contribution is -2.53. The molecule has 1 fully saturated rings. The molecule has 1 aromatic carbocycles. The van der Waals surface area contributed by atoms with Crippen LogP contribution in [-0.2, 0) is 16.9 Å². The Bertz CT molecular complexity index is 1430. The van der Waals surface area contributed by atoms with E-state index >= 15 is 0 Å². The van der Waals surface area contributed by atoms with E-state index in [9.17, 15) is 14.7 Å². The Labute approximate surface area is 192 Å². The van der Waals surface area contributed by atoms with Crippen LogP contribution in [0.3, 0.4) is 0 Å². The van der Waals surface area contributed by atoms with Gasteiger partial charge in [-0.15, -0.1) is 0 Å². The van der Waals surface area contributed by atoms with E-state index in [4.69, 9.17) is 9.15 Å². The second-order valence-electron chi connectivity index (χ2n) is 8.22. The van der Waals surface area contributed by atoms with Crippen molar-refractivity contribution in [2.75, 3.05) is 13.7 Å². The summed E-state index contributed by atoms with van der Waals surface area (Å²) in [5.74, 6) is 0.657. The van der Waals surface area contributed by atoms with E-state index in [1.165, 1.54) is 7.11 Å². The van der Waals surface area contributed by atoms with Gasteiger partial charge in [0.15, 0.2) is 23.3 Å². The van der Waals surface area contributed by atoms with E-state index < -0.39 is 17.8 Å². The summed E-state index contributed by atoms with van der Waals surface area (Å²) < 4.78 is 12.9. The summed E-state index contributed by atoms with van der Waals surface area (Å²) in [4.78, 5) is 32.4. The number of amides is 2. The van der Waals surface area contributed by atoms with E-state index in [0.717, 1.165) is 5.56 Å². The summed E-state index contributed by atoms with van der Waals surface area (Å²) in [5, 5.41) is 19.7. The van der Waals surface area contributed by atoms with Crippen LogP contribution in [0.5, 0.6) is 5.75 Å². The predicted molar refractivity (Wildman–Crippen MR) is 118 cm³/mol. The third-order valence-electron chi connectivity index (χ3n) is 6.18. The lowest BCUT2D eigenvalue weighted by atomic mass is 9.95. The molecule has 0 spiro atoms. The number of aromatic nitrogens is 3. The van der Waals surface area contributed by atoms with Crippen LogP contribution < -0.4 is 15.4 Å². The molecule has 0 bridgehead atoms. The van der Waals surface area contributed by atoms with Crippen LogP contribution in [0.1, 0.15) is 21.7 Å². The number of benzene rings is 1. The molecule has 2 amide bonds. The molecule has 6 rings (SSSR count). The second-order valence-corrected chi connectivity index (χ2v) is 8.22. The predicted octanol–water partition coefficient (Wildman–Crippen LogP) is 0.869. The van der Waals surface area contributed by atoms with Gasteiger partial charge in [-0.1, -0.05) is 6.07 Å². The zero-order valence-electron chi connectivity index (χ0n) is 18.1. The number of fused-ring (bicyclic) bond motifs is 2. The highest BCUT2D eigenvalue weighted by Crippen LogP contribution is 2.35. The summed E-state index contributed by atoms with van der Waals surface area (Å²) in [7, 11) is 1.54. The van der Waals surface area contributed by atoms with Gasteiger partial charge in [0.2, 0.25) is 0 Å². The first-order valence-corrected chi connectivity index (χ1v) is 10.6. The van der Waals surface area contributed by atoms with Gasteiger partial charge in [0, 0.05) is 30.6 Å². The molecule has 2 unspecified atom stereocenters. The lowest BCUT2D eigenvalue weighted by Gasteiger charge is -2.29. The zero-order valence-corrected chi connectivity index (χ0v) is 18.1. The van der Waals surface area contributed by atoms with Crippen LogP contribution in [0.4, 0.5) is 0 Å². The van der Waals surface area contributed by atoms with Crippen LogP contribution in [0, 0.1) is 0 Å². The van der Waals surface area contributed by atoms with Crippen LogP contribution in [0.2, 0.25) is 0 Å². The number of nitrogens with zero attached hydrogens (tertiary/aromatic N) is 4. The van der Waals surface area contributed by atoms with Gasteiger partial charge >= 0.3 is 0 Å². The van der Waals surface area contributed by atoms with Crippen LogP contribution >= 0.6 is 0 Å². The smallest absolute Gasteiger partial charge is 0.254 e. The molecule has 11 nitrogen and oxygen atoms in total. The molecule has 3 aromatic heterocycles. The number of rotatable bonds is 5. The maximum absolute atomic E-state index is 13.2. The zero-order chi connectivity index (χ0) is 23.4.